The van der Waals surface area contributed by atoms with Crippen molar-refractivity contribution in [1.29, 1.82) is 0 Å². The van der Waals surface area contributed by atoms with Crippen LogP contribution in [0.5, 0.6) is 0 Å². The highest BCUT2D eigenvalue weighted by Gasteiger charge is 2.48. The van der Waals surface area contributed by atoms with Crippen LogP contribution in [0.1, 0.15) is 45.4 Å². The SMILES string of the molecule is CC(=O)OC1C(O)C(CO)OC(OC(/C=N\N2CCCCC2)C(CO)OC(O)/C=N/N2CCCCC2)C1O. The molecule has 8 unspecified atom stereocenters. The van der Waals surface area contributed by atoms with Crippen LogP contribution in [0.4, 0.5) is 0 Å². The highest BCUT2D eigenvalue weighted by Crippen LogP contribution is 2.26. The van der Waals surface area contributed by atoms with E-state index >= 15 is 0 Å². The van der Waals surface area contributed by atoms with E-state index < -0.39 is 68.4 Å². The number of carbonyl (C=O) groups excluding carboxylic acids is 1. The van der Waals surface area contributed by atoms with Crippen molar-refractivity contribution in [2.24, 2.45) is 10.2 Å². The lowest BCUT2D eigenvalue weighted by Gasteiger charge is -2.42. The largest absolute Gasteiger partial charge is 0.457 e. The zero-order chi connectivity index (χ0) is 27.5. The summed E-state index contributed by atoms with van der Waals surface area (Å²) in [5, 5.41) is 63.7. The molecule has 38 heavy (non-hydrogen) atoms. The summed E-state index contributed by atoms with van der Waals surface area (Å²) in [6, 6.07) is 0. The maximum absolute atomic E-state index is 11.5. The molecule has 0 aliphatic carbocycles. The van der Waals surface area contributed by atoms with Crippen molar-refractivity contribution < 1.29 is 49.3 Å². The van der Waals surface area contributed by atoms with Crippen molar-refractivity contribution in [1.82, 2.24) is 10.0 Å². The van der Waals surface area contributed by atoms with Crippen LogP contribution >= 0.6 is 0 Å². The molecule has 0 aromatic carbocycles. The number of esters is 1. The molecule has 3 rings (SSSR count). The Balaban J connectivity index is 1.75. The number of rotatable bonds is 12. The molecule has 0 aromatic rings. The van der Waals surface area contributed by atoms with Gasteiger partial charge in [0.25, 0.3) is 0 Å². The number of hydrazone groups is 2. The summed E-state index contributed by atoms with van der Waals surface area (Å²) in [5.74, 6) is -0.749. The molecular weight excluding hydrogens is 504 g/mol. The molecule has 14 heteroatoms. The lowest BCUT2D eigenvalue weighted by molar-refractivity contribution is -0.315. The lowest BCUT2D eigenvalue weighted by Crippen LogP contribution is -2.61. The molecule has 0 saturated carbocycles. The smallest absolute Gasteiger partial charge is 0.303 e. The fraction of sp³-hybridized carbons (Fsp3) is 0.875. The average Bonchev–Trinajstić information content (AvgIpc) is 2.93. The summed E-state index contributed by atoms with van der Waals surface area (Å²) in [6.45, 7) is 2.91. The van der Waals surface area contributed by atoms with Crippen LogP contribution in [0.3, 0.4) is 0 Å². The molecule has 218 valence electrons. The molecular formula is C24H42N4O10. The number of nitrogens with zero attached hydrogens (tertiary/aromatic N) is 4. The topological polar surface area (TPSA) is 186 Å². The van der Waals surface area contributed by atoms with Gasteiger partial charge in [0.05, 0.1) is 25.6 Å². The highest BCUT2D eigenvalue weighted by atomic mass is 16.7. The molecule has 3 aliphatic rings. The molecule has 3 fully saturated rings. The van der Waals surface area contributed by atoms with Gasteiger partial charge in [-0.25, -0.2) is 0 Å². The number of carbonyl (C=O) groups is 1. The second kappa shape index (κ2) is 15.6. The number of aliphatic hydroxyl groups excluding tert-OH is 5. The zero-order valence-corrected chi connectivity index (χ0v) is 21.8. The van der Waals surface area contributed by atoms with Crippen LogP contribution in [0, 0.1) is 0 Å². The van der Waals surface area contributed by atoms with Gasteiger partial charge in [-0.1, -0.05) is 0 Å². The molecule has 0 aromatic heterocycles. The Bertz CT molecular complexity index is 762. The predicted molar refractivity (Wildman–Crippen MR) is 134 cm³/mol. The van der Waals surface area contributed by atoms with Gasteiger partial charge in [0, 0.05) is 33.1 Å². The van der Waals surface area contributed by atoms with Crippen LogP contribution in [0.15, 0.2) is 10.2 Å². The minimum absolute atomic E-state index is 0.590. The number of hydrogen-bond donors (Lipinski definition) is 5. The van der Waals surface area contributed by atoms with Crippen LogP contribution in [-0.4, -0.2) is 143 Å². The molecule has 0 bridgehead atoms. The molecule has 0 amide bonds. The van der Waals surface area contributed by atoms with E-state index in [1.54, 1.807) is 0 Å². The Hall–Kier alpha value is -1.91. The molecule has 3 heterocycles. The van der Waals surface area contributed by atoms with Crippen LogP contribution in [-0.2, 0) is 23.7 Å². The molecule has 0 spiro atoms. The average molecular weight is 547 g/mol. The third kappa shape index (κ3) is 9.09. The molecule has 3 aliphatic heterocycles. The second-order valence-electron chi connectivity index (χ2n) is 9.69. The van der Waals surface area contributed by atoms with Gasteiger partial charge in [-0.2, -0.15) is 10.2 Å². The minimum atomic E-state index is -1.63. The molecule has 14 nitrogen and oxygen atoms in total. The van der Waals surface area contributed by atoms with E-state index in [4.69, 9.17) is 18.9 Å². The predicted octanol–water partition coefficient (Wildman–Crippen LogP) is -1.62. The van der Waals surface area contributed by atoms with E-state index in [0.717, 1.165) is 71.6 Å². The third-order valence-electron chi connectivity index (χ3n) is 6.68. The summed E-state index contributed by atoms with van der Waals surface area (Å²) in [6.07, 6.45) is -2.24. The van der Waals surface area contributed by atoms with Crippen LogP contribution < -0.4 is 0 Å². The Labute approximate surface area is 222 Å². The molecule has 3 saturated heterocycles. The van der Waals surface area contributed by atoms with Crippen LogP contribution in [0.2, 0.25) is 0 Å². The minimum Gasteiger partial charge on any atom is -0.457 e. The van der Waals surface area contributed by atoms with Crippen molar-refractivity contribution in [2.45, 2.75) is 94.7 Å². The number of hydrogen-bond acceptors (Lipinski definition) is 14. The van der Waals surface area contributed by atoms with Crippen molar-refractivity contribution in [3.8, 4) is 0 Å². The summed E-state index contributed by atoms with van der Waals surface area (Å²) in [4.78, 5) is 11.5. The number of piperidine rings is 2. The Morgan fingerprint density at radius 2 is 1.55 bits per heavy atom. The maximum atomic E-state index is 11.5. The van der Waals surface area contributed by atoms with E-state index in [2.05, 4.69) is 10.2 Å². The second-order valence-corrected chi connectivity index (χ2v) is 9.69. The van der Waals surface area contributed by atoms with Gasteiger partial charge in [0.15, 0.2) is 18.7 Å². The van der Waals surface area contributed by atoms with Gasteiger partial charge in [-0.05, 0) is 38.5 Å². The van der Waals surface area contributed by atoms with Gasteiger partial charge in [0.2, 0.25) is 0 Å². The van der Waals surface area contributed by atoms with E-state index in [-0.39, 0.29) is 0 Å². The first-order valence-electron chi connectivity index (χ1n) is 13.3. The monoisotopic (exact) mass is 546 g/mol. The van der Waals surface area contributed by atoms with Crippen molar-refractivity contribution in [3.05, 3.63) is 0 Å². The molecule has 8 atom stereocenters. The third-order valence-corrected chi connectivity index (χ3v) is 6.68. The normalized spacial score (nSPS) is 31.5. The first-order valence-corrected chi connectivity index (χ1v) is 13.3. The number of aliphatic hydroxyl groups is 5. The van der Waals surface area contributed by atoms with Crippen molar-refractivity contribution in [3.63, 3.8) is 0 Å². The first kappa shape index (κ1) is 30.6. The summed E-state index contributed by atoms with van der Waals surface area (Å²) in [5.41, 5.74) is 0. The summed E-state index contributed by atoms with van der Waals surface area (Å²) < 4.78 is 22.1. The Morgan fingerprint density at radius 1 is 0.974 bits per heavy atom. The Morgan fingerprint density at radius 3 is 2.08 bits per heavy atom. The fourth-order valence-electron chi connectivity index (χ4n) is 4.61. The van der Waals surface area contributed by atoms with Crippen molar-refractivity contribution >= 4 is 18.4 Å². The van der Waals surface area contributed by atoms with Crippen molar-refractivity contribution in [2.75, 3.05) is 39.4 Å². The van der Waals surface area contributed by atoms with Gasteiger partial charge < -0.3 is 44.5 Å². The summed E-state index contributed by atoms with van der Waals surface area (Å²) >= 11 is 0. The maximum Gasteiger partial charge on any atom is 0.303 e. The summed E-state index contributed by atoms with van der Waals surface area (Å²) in [7, 11) is 0. The van der Waals surface area contributed by atoms with Crippen LogP contribution in [0.25, 0.3) is 0 Å². The fourth-order valence-corrected chi connectivity index (χ4v) is 4.61. The lowest BCUT2D eigenvalue weighted by atomic mass is 9.99. The first-order chi connectivity index (χ1) is 18.3. The Kier molecular flexibility index (Phi) is 12.6. The van der Waals surface area contributed by atoms with Gasteiger partial charge in [0.1, 0.15) is 30.5 Å². The quantitative estimate of drug-likeness (QED) is 0.107. The molecule has 5 N–H and O–H groups in total. The highest BCUT2D eigenvalue weighted by molar-refractivity contribution is 5.66. The van der Waals surface area contributed by atoms with Gasteiger partial charge in [-0.15, -0.1) is 0 Å². The standard InChI is InChI=1S/C24H42N4O10/c1-16(31)35-23-21(33)19(15-30)38-24(22(23)34)37-17(12-25-27-8-4-2-5-9-27)18(14-29)36-20(32)13-26-28-10-6-3-7-11-28/h12-13,17-24,29-30,32-34H,2-11,14-15H2,1H3/b25-12-,26-13+. The number of ether oxygens (including phenoxy) is 4. The van der Waals surface area contributed by atoms with E-state index in [9.17, 15) is 30.3 Å². The van der Waals surface area contributed by atoms with E-state index in [0.29, 0.717) is 0 Å². The van der Waals surface area contributed by atoms with Gasteiger partial charge >= 0.3 is 5.97 Å². The van der Waals surface area contributed by atoms with E-state index in [1.165, 1.54) is 12.4 Å². The molecule has 0 radical (unpaired) electrons. The van der Waals surface area contributed by atoms with E-state index in [1.807, 2.05) is 10.0 Å². The zero-order valence-electron chi connectivity index (χ0n) is 21.8. The van der Waals surface area contributed by atoms with Gasteiger partial charge in [-0.3, -0.25) is 14.8 Å².